The van der Waals surface area contributed by atoms with Crippen LogP contribution in [0.25, 0.3) is 0 Å². The summed E-state index contributed by atoms with van der Waals surface area (Å²) in [5, 5.41) is 2.96. The van der Waals surface area contributed by atoms with Crippen molar-refractivity contribution < 1.29 is 14.3 Å². The molecule has 2 aromatic rings. The minimum absolute atomic E-state index is 0.0525. The van der Waals surface area contributed by atoms with Crippen LogP contribution in [0.3, 0.4) is 0 Å². The largest absolute Gasteiger partial charge is 0.489 e. The van der Waals surface area contributed by atoms with E-state index in [9.17, 15) is 9.59 Å². The monoisotopic (exact) mass is 366 g/mol. The number of nitrogens with one attached hydrogen (secondary N) is 1. The standard InChI is InChI=1S/C22H26N2O3/c1-16(2)24-14-19(12-21(24)25)22(26)23-13-18-10-6-7-11-20(18)27-15-17-8-4-3-5-9-17/h3-11,16,19H,12-15H2,1-2H3,(H,23,26). The van der Waals surface area contributed by atoms with Crippen molar-refractivity contribution in [2.24, 2.45) is 5.92 Å². The van der Waals surface area contributed by atoms with Crippen molar-refractivity contribution in [3.63, 3.8) is 0 Å². The Labute approximate surface area is 160 Å². The van der Waals surface area contributed by atoms with Gasteiger partial charge in [-0.15, -0.1) is 0 Å². The number of likely N-dealkylation sites (tertiary alicyclic amines) is 1. The Morgan fingerprint density at radius 1 is 1.15 bits per heavy atom. The Morgan fingerprint density at radius 3 is 2.56 bits per heavy atom. The Kier molecular flexibility index (Phi) is 6.12. The molecule has 0 saturated carbocycles. The third kappa shape index (κ3) is 4.88. The lowest BCUT2D eigenvalue weighted by Gasteiger charge is -2.20. The van der Waals surface area contributed by atoms with E-state index in [1.165, 1.54) is 0 Å². The van der Waals surface area contributed by atoms with E-state index < -0.39 is 0 Å². The second-order valence-corrected chi connectivity index (χ2v) is 7.14. The molecule has 1 saturated heterocycles. The van der Waals surface area contributed by atoms with Crippen LogP contribution < -0.4 is 10.1 Å². The third-order valence-corrected chi connectivity index (χ3v) is 4.82. The van der Waals surface area contributed by atoms with Gasteiger partial charge in [-0.05, 0) is 25.5 Å². The molecule has 1 aliphatic heterocycles. The van der Waals surface area contributed by atoms with Crippen molar-refractivity contribution in [2.45, 2.75) is 39.5 Å². The molecule has 0 aliphatic carbocycles. The van der Waals surface area contributed by atoms with Gasteiger partial charge in [0, 0.05) is 31.1 Å². The van der Waals surface area contributed by atoms with E-state index in [1.807, 2.05) is 68.4 Å². The molecule has 142 valence electrons. The van der Waals surface area contributed by atoms with E-state index in [1.54, 1.807) is 4.90 Å². The number of benzene rings is 2. The predicted octanol–water partition coefficient (Wildman–Crippen LogP) is 3.14. The van der Waals surface area contributed by atoms with Crippen LogP contribution in [0.4, 0.5) is 0 Å². The second kappa shape index (κ2) is 8.71. The average Bonchev–Trinajstić information content (AvgIpc) is 3.08. The maximum absolute atomic E-state index is 12.5. The van der Waals surface area contributed by atoms with Crippen LogP contribution in [0.15, 0.2) is 54.6 Å². The van der Waals surface area contributed by atoms with Gasteiger partial charge in [0.05, 0.1) is 5.92 Å². The minimum atomic E-state index is -0.280. The summed E-state index contributed by atoms with van der Waals surface area (Å²) in [6, 6.07) is 17.8. The number of amides is 2. The number of nitrogens with zero attached hydrogens (tertiary/aromatic N) is 1. The topological polar surface area (TPSA) is 58.6 Å². The molecule has 0 bridgehead atoms. The highest BCUT2D eigenvalue weighted by atomic mass is 16.5. The summed E-state index contributed by atoms with van der Waals surface area (Å²) < 4.78 is 5.93. The number of carbonyl (C=O) groups excluding carboxylic acids is 2. The molecule has 2 amide bonds. The van der Waals surface area contributed by atoms with Gasteiger partial charge in [-0.2, -0.15) is 0 Å². The van der Waals surface area contributed by atoms with Crippen LogP contribution in [0.2, 0.25) is 0 Å². The maximum atomic E-state index is 12.5. The SMILES string of the molecule is CC(C)N1CC(C(=O)NCc2ccccc2OCc2ccccc2)CC1=O. The normalized spacial score (nSPS) is 16.6. The van der Waals surface area contributed by atoms with Gasteiger partial charge in [0.1, 0.15) is 12.4 Å². The second-order valence-electron chi connectivity index (χ2n) is 7.14. The van der Waals surface area contributed by atoms with Gasteiger partial charge in [0.25, 0.3) is 0 Å². The van der Waals surface area contributed by atoms with Crippen molar-refractivity contribution in [3.8, 4) is 5.75 Å². The molecule has 1 heterocycles. The first-order valence-electron chi connectivity index (χ1n) is 9.36. The molecule has 1 unspecified atom stereocenters. The maximum Gasteiger partial charge on any atom is 0.225 e. The van der Waals surface area contributed by atoms with Crippen LogP contribution in [-0.4, -0.2) is 29.3 Å². The number of carbonyl (C=O) groups is 2. The Balaban J connectivity index is 1.57. The predicted molar refractivity (Wildman–Crippen MR) is 104 cm³/mol. The van der Waals surface area contributed by atoms with Crippen LogP contribution in [-0.2, 0) is 22.7 Å². The molecule has 5 heteroatoms. The molecule has 3 rings (SSSR count). The summed E-state index contributed by atoms with van der Waals surface area (Å²) in [5.41, 5.74) is 2.02. The first-order valence-corrected chi connectivity index (χ1v) is 9.36. The Bertz CT molecular complexity index is 789. The first kappa shape index (κ1) is 19.0. The van der Waals surface area contributed by atoms with Crippen molar-refractivity contribution in [1.82, 2.24) is 10.2 Å². The summed E-state index contributed by atoms with van der Waals surface area (Å²) in [5.74, 6) is 0.450. The van der Waals surface area contributed by atoms with Gasteiger partial charge < -0.3 is 15.0 Å². The molecule has 0 radical (unpaired) electrons. The highest BCUT2D eigenvalue weighted by Crippen LogP contribution is 2.22. The molecule has 5 nitrogen and oxygen atoms in total. The van der Waals surface area contributed by atoms with Gasteiger partial charge in [-0.1, -0.05) is 48.5 Å². The van der Waals surface area contributed by atoms with Gasteiger partial charge in [-0.25, -0.2) is 0 Å². The van der Waals surface area contributed by atoms with E-state index >= 15 is 0 Å². The molecule has 1 fully saturated rings. The molecular formula is C22H26N2O3. The van der Waals surface area contributed by atoms with Crippen molar-refractivity contribution >= 4 is 11.8 Å². The van der Waals surface area contributed by atoms with Gasteiger partial charge in [0.15, 0.2) is 0 Å². The van der Waals surface area contributed by atoms with Crippen LogP contribution in [0, 0.1) is 5.92 Å². The lowest BCUT2D eigenvalue weighted by Crippen LogP contribution is -2.35. The van der Waals surface area contributed by atoms with Gasteiger partial charge in [-0.3, -0.25) is 9.59 Å². The van der Waals surface area contributed by atoms with Crippen molar-refractivity contribution in [2.75, 3.05) is 6.54 Å². The van der Waals surface area contributed by atoms with Crippen LogP contribution in [0.1, 0.15) is 31.4 Å². The summed E-state index contributed by atoms with van der Waals surface area (Å²) in [6.45, 7) is 5.30. The molecule has 0 aromatic heterocycles. The molecule has 1 N–H and O–H groups in total. The fourth-order valence-electron chi connectivity index (χ4n) is 3.26. The van der Waals surface area contributed by atoms with Crippen LogP contribution >= 0.6 is 0 Å². The quantitative estimate of drug-likeness (QED) is 0.819. The molecule has 0 spiro atoms. The highest BCUT2D eigenvalue weighted by Gasteiger charge is 2.35. The fourth-order valence-corrected chi connectivity index (χ4v) is 3.26. The zero-order valence-electron chi connectivity index (χ0n) is 15.9. The van der Waals surface area contributed by atoms with E-state index in [0.717, 1.165) is 16.9 Å². The van der Waals surface area contributed by atoms with Crippen molar-refractivity contribution in [3.05, 3.63) is 65.7 Å². The average molecular weight is 366 g/mol. The van der Waals surface area contributed by atoms with Crippen molar-refractivity contribution in [1.29, 1.82) is 0 Å². The van der Waals surface area contributed by atoms with E-state index in [2.05, 4.69) is 5.32 Å². The van der Waals surface area contributed by atoms with Crippen LogP contribution in [0.5, 0.6) is 5.75 Å². The number of ether oxygens (including phenoxy) is 1. The Morgan fingerprint density at radius 2 is 1.85 bits per heavy atom. The number of para-hydroxylation sites is 1. The third-order valence-electron chi connectivity index (χ3n) is 4.82. The zero-order chi connectivity index (χ0) is 19.2. The van der Waals surface area contributed by atoms with E-state index in [4.69, 9.17) is 4.74 Å². The summed E-state index contributed by atoms with van der Waals surface area (Å²) in [7, 11) is 0. The molecular weight excluding hydrogens is 340 g/mol. The first-order chi connectivity index (χ1) is 13.0. The highest BCUT2D eigenvalue weighted by molar-refractivity contribution is 5.89. The summed E-state index contributed by atoms with van der Waals surface area (Å²) >= 11 is 0. The number of hydrogen-bond donors (Lipinski definition) is 1. The smallest absolute Gasteiger partial charge is 0.225 e. The minimum Gasteiger partial charge on any atom is -0.489 e. The summed E-state index contributed by atoms with van der Waals surface area (Å²) in [4.78, 5) is 26.3. The lowest BCUT2D eigenvalue weighted by atomic mass is 10.1. The molecule has 27 heavy (non-hydrogen) atoms. The number of hydrogen-bond acceptors (Lipinski definition) is 3. The van der Waals surface area contributed by atoms with E-state index in [-0.39, 0.29) is 30.2 Å². The lowest BCUT2D eigenvalue weighted by molar-refractivity contribution is -0.130. The molecule has 2 aromatic carbocycles. The summed E-state index contributed by atoms with van der Waals surface area (Å²) in [6.07, 6.45) is 0.288. The zero-order valence-corrected chi connectivity index (χ0v) is 15.9. The van der Waals surface area contributed by atoms with Gasteiger partial charge >= 0.3 is 0 Å². The molecule has 1 aliphatic rings. The van der Waals surface area contributed by atoms with E-state index in [0.29, 0.717) is 19.7 Å². The Hall–Kier alpha value is -2.82. The fraction of sp³-hybridized carbons (Fsp3) is 0.364. The molecule has 1 atom stereocenters. The number of rotatable bonds is 7. The van der Waals surface area contributed by atoms with Gasteiger partial charge in [0.2, 0.25) is 11.8 Å².